The number of nitrogens with zero attached hydrogens (tertiary/aromatic N) is 1. The minimum atomic E-state index is -0.143. The van der Waals surface area contributed by atoms with Gasteiger partial charge in [0.25, 0.3) is 0 Å². The van der Waals surface area contributed by atoms with Crippen LogP contribution in [0.25, 0.3) is 0 Å². The van der Waals surface area contributed by atoms with E-state index in [9.17, 15) is 5.11 Å². The van der Waals surface area contributed by atoms with Crippen LogP contribution >= 0.6 is 0 Å². The van der Waals surface area contributed by atoms with E-state index in [-0.39, 0.29) is 6.10 Å². The fourth-order valence-corrected chi connectivity index (χ4v) is 1.61. The fraction of sp³-hybridized carbons (Fsp3) is 1.00. The molecule has 1 rings (SSSR count). The van der Waals surface area contributed by atoms with Gasteiger partial charge in [-0.1, -0.05) is 6.92 Å². The molecule has 12 heavy (non-hydrogen) atoms. The van der Waals surface area contributed by atoms with Crippen LogP contribution in [0.4, 0.5) is 0 Å². The van der Waals surface area contributed by atoms with E-state index in [0.717, 1.165) is 32.6 Å². The lowest BCUT2D eigenvalue weighted by molar-refractivity contribution is 0.0935. The zero-order valence-electron chi connectivity index (χ0n) is 8.08. The van der Waals surface area contributed by atoms with Crippen LogP contribution in [0.3, 0.4) is 0 Å². The second-order valence-electron chi connectivity index (χ2n) is 3.68. The monoisotopic (exact) mass is 172 g/mol. The van der Waals surface area contributed by atoms with Gasteiger partial charge in [-0.15, -0.1) is 0 Å². The predicted octanol–water partition coefficient (Wildman–Crippen LogP) is 0.0510. The average Bonchev–Trinajstić information content (AvgIpc) is 2.04. The molecule has 0 radical (unpaired) electrons. The molecule has 0 aliphatic carbocycles. The molecule has 0 amide bonds. The Balaban J connectivity index is 2.22. The molecule has 0 aromatic rings. The number of β-amino-alcohol motifs (C(OH)–C–C–N with tert-alkyl or cyclic N) is 1. The van der Waals surface area contributed by atoms with Gasteiger partial charge in [0.15, 0.2) is 0 Å². The van der Waals surface area contributed by atoms with Gasteiger partial charge in [-0.3, -0.25) is 4.90 Å². The Bertz CT molecular complexity index is 130. The number of rotatable bonds is 3. The van der Waals surface area contributed by atoms with Crippen molar-refractivity contribution in [2.75, 3.05) is 26.2 Å². The lowest BCUT2D eigenvalue weighted by atomic mass is 10.2. The molecule has 3 heteroatoms. The van der Waals surface area contributed by atoms with Gasteiger partial charge in [-0.25, -0.2) is 0 Å². The third kappa shape index (κ3) is 3.09. The van der Waals surface area contributed by atoms with Gasteiger partial charge in [-0.2, -0.15) is 0 Å². The zero-order chi connectivity index (χ0) is 8.97. The summed E-state index contributed by atoms with van der Waals surface area (Å²) in [5, 5.41) is 12.8. The molecule has 3 nitrogen and oxygen atoms in total. The maximum absolute atomic E-state index is 9.43. The van der Waals surface area contributed by atoms with Crippen molar-refractivity contribution in [3.63, 3.8) is 0 Å². The zero-order valence-corrected chi connectivity index (χ0v) is 8.08. The lowest BCUT2D eigenvalue weighted by Gasteiger charge is -2.32. The molecule has 1 aliphatic heterocycles. The van der Waals surface area contributed by atoms with E-state index < -0.39 is 0 Å². The van der Waals surface area contributed by atoms with E-state index in [0.29, 0.717) is 6.04 Å². The highest BCUT2D eigenvalue weighted by Crippen LogP contribution is 2.01. The molecule has 2 atom stereocenters. The Kier molecular flexibility index (Phi) is 3.98. The van der Waals surface area contributed by atoms with Crippen molar-refractivity contribution in [1.29, 1.82) is 0 Å². The first-order valence-corrected chi connectivity index (χ1v) is 4.86. The van der Waals surface area contributed by atoms with Gasteiger partial charge in [0.2, 0.25) is 0 Å². The molecule has 1 aliphatic rings. The van der Waals surface area contributed by atoms with Crippen LogP contribution < -0.4 is 5.32 Å². The highest BCUT2D eigenvalue weighted by atomic mass is 16.3. The number of piperazine rings is 1. The maximum Gasteiger partial charge on any atom is 0.0664 e. The van der Waals surface area contributed by atoms with Crippen molar-refractivity contribution in [3.8, 4) is 0 Å². The van der Waals surface area contributed by atoms with Crippen molar-refractivity contribution < 1.29 is 5.11 Å². The Morgan fingerprint density at radius 3 is 3.00 bits per heavy atom. The molecule has 1 fully saturated rings. The molecular weight excluding hydrogens is 152 g/mol. The molecule has 0 aromatic carbocycles. The molecule has 72 valence electrons. The minimum Gasteiger partial charge on any atom is -0.392 e. The number of nitrogens with one attached hydrogen (secondary N) is 1. The highest BCUT2D eigenvalue weighted by molar-refractivity contribution is 4.76. The lowest BCUT2D eigenvalue weighted by Crippen LogP contribution is -2.51. The second-order valence-corrected chi connectivity index (χ2v) is 3.68. The molecular formula is C9H20N2O. The van der Waals surface area contributed by atoms with Gasteiger partial charge in [-0.05, 0) is 13.3 Å². The summed E-state index contributed by atoms with van der Waals surface area (Å²) in [6.07, 6.45) is 0.716. The quantitative estimate of drug-likeness (QED) is 0.631. The maximum atomic E-state index is 9.43. The third-order valence-corrected chi connectivity index (χ3v) is 2.39. The molecule has 0 spiro atoms. The van der Waals surface area contributed by atoms with E-state index in [1.165, 1.54) is 0 Å². The van der Waals surface area contributed by atoms with Gasteiger partial charge < -0.3 is 10.4 Å². The summed E-state index contributed by atoms with van der Waals surface area (Å²) in [5.74, 6) is 0. The highest BCUT2D eigenvalue weighted by Gasteiger charge is 2.16. The number of aliphatic hydroxyl groups excluding tert-OH is 1. The van der Waals surface area contributed by atoms with Crippen molar-refractivity contribution in [3.05, 3.63) is 0 Å². The van der Waals surface area contributed by atoms with E-state index in [1.807, 2.05) is 6.92 Å². The van der Waals surface area contributed by atoms with Gasteiger partial charge in [0.05, 0.1) is 6.10 Å². The van der Waals surface area contributed by atoms with E-state index in [2.05, 4.69) is 17.1 Å². The second kappa shape index (κ2) is 4.80. The Morgan fingerprint density at radius 2 is 2.42 bits per heavy atom. The van der Waals surface area contributed by atoms with Crippen LogP contribution in [-0.2, 0) is 0 Å². The predicted molar refractivity (Wildman–Crippen MR) is 50.2 cm³/mol. The van der Waals surface area contributed by atoms with E-state index >= 15 is 0 Å². The number of hydrogen-bond acceptors (Lipinski definition) is 3. The van der Waals surface area contributed by atoms with E-state index in [4.69, 9.17) is 0 Å². The number of aliphatic hydroxyl groups is 1. The molecule has 0 bridgehead atoms. The fourth-order valence-electron chi connectivity index (χ4n) is 1.61. The summed E-state index contributed by atoms with van der Waals surface area (Å²) < 4.78 is 0. The topological polar surface area (TPSA) is 35.5 Å². The summed E-state index contributed by atoms with van der Waals surface area (Å²) in [4.78, 5) is 2.33. The van der Waals surface area contributed by atoms with Crippen LogP contribution in [-0.4, -0.2) is 48.3 Å². The average molecular weight is 172 g/mol. The Labute approximate surface area is 74.8 Å². The largest absolute Gasteiger partial charge is 0.392 e. The normalized spacial score (nSPS) is 28.8. The van der Waals surface area contributed by atoms with Crippen molar-refractivity contribution in [2.24, 2.45) is 0 Å². The Morgan fingerprint density at radius 1 is 1.67 bits per heavy atom. The summed E-state index contributed by atoms with van der Waals surface area (Å²) in [7, 11) is 0. The van der Waals surface area contributed by atoms with Crippen molar-refractivity contribution in [2.45, 2.75) is 32.4 Å². The van der Waals surface area contributed by atoms with Crippen LogP contribution in [0.1, 0.15) is 20.3 Å². The first kappa shape index (κ1) is 9.96. The first-order valence-electron chi connectivity index (χ1n) is 4.86. The molecule has 0 aromatic heterocycles. The van der Waals surface area contributed by atoms with Crippen LogP contribution in [0, 0.1) is 0 Å². The summed E-state index contributed by atoms with van der Waals surface area (Å²) in [5.41, 5.74) is 0. The van der Waals surface area contributed by atoms with Gasteiger partial charge >= 0.3 is 0 Å². The first-order chi connectivity index (χ1) is 5.72. The van der Waals surface area contributed by atoms with Crippen molar-refractivity contribution in [1.82, 2.24) is 10.2 Å². The van der Waals surface area contributed by atoms with Gasteiger partial charge in [0, 0.05) is 32.2 Å². The SMILES string of the molecule is CC[C@H](O)CN1CCN[C@@H](C)C1. The molecule has 1 saturated heterocycles. The summed E-state index contributed by atoms with van der Waals surface area (Å²) in [6, 6.07) is 0.572. The van der Waals surface area contributed by atoms with Crippen LogP contribution in [0.5, 0.6) is 0 Å². The van der Waals surface area contributed by atoms with Crippen molar-refractivity contribution >= 4 is 0 Å². The number of hydrogen-bond donors (Lipinski definition) is 2. The Hall–Kier alpha value is -0.120. The smallest absolute Gasteiger partial charge is 0.0664 e. The van der Waals surface area contributed by atoms with Crippen LogP contribution in [0.2, 0.25) is 0 Å². The summed E-state index contributed by atoms with van der Waals surface area (Å²) in [6.45, 7) is 8.24. The molecule has 0 saturated carbocycles. The van der Waals surface area contributed by atoms with Crippen LogP contribution in [0.15, 0.2) is 0 Å². The molecule has 0 unspecified atom stereocenters. The van der Waals surface area contributed by atoms with E-state index in [1.54, 1.807) is 0 Å². The van der Waals surface area contributed by atoms with Gasteiger partial charge in [0.1, 0.15) is 0 Å². The molecule has 1 heterocycles. The molecule has 2 N–H and O–H groups in total. The standard InChI is InChI=1S/C9H20N2O/c1-3-9(12)7-11-5-4-10-8(2)6-11/h8-10,12H,3-7H2,1-2H3/t8-,9-/m0/s1. The summed E-state index contributed by atoms with van der Waals surface area (Å²) >= 11 is 0. The minimum absolute atomic E-state index is 0.143. The third-order valence-electron chi connectivity index (χ3n) is 2.39.